The molecule has 5 nitrogen and oxygen atoms in total. The lowest BCUT2D eigenvalue weighted by Crippen LogP contribution is -2.25. The van der Waals surface area contributed by atoms with E-state index in [-0.39, 0.29) is 0 Å². The summed E-state index contributed by atoms with van der Waals surface area (Å²) in [6.45, 7) is 8.42. The Bertz CT molecular complexity index is 287. The van der Waals surface area contributed by atoms with E-state index in [1.54, 1.807) is 0 Å². The molecule has 1 rings (SSSR count). The van der Waals surface area contributed by atoms with Crippen molar-refractivity contribution in [2.24, 2.45) is 0 Å². The summed E-state index contributed by atoms with van der Waals surface area (Å²) in [6.07, 6.45) is 1.47. The number of nitrogens with one attached hydrogen (secondary N) is 1. The second-order valence-electron chi connectivity index (χ2n) is 3.90. The van der Waals surface area contributed by atoms with Crippen LogP contribution in [0.2, 0.25) is 0 Å². The Morgan fingerprint density at radius 3 is 2.56 bits per heavy atom. The number of ether oxygens (including phenoxy) is 1. The van der Waals surface area contributed by atoms with E-state index in [0.717, 1.165) is 19.6 Å². The fraction of sp³-hybridized carbons (Fsp3) is 0.818. The van der Waals surface area contributed by atoms with Crippen LogP contribution in [-0.2, 0) is 17.6 Å². The molecular formula is C11H21N3O2. The zero-order valence-electron chi connectivity index (χ0n) is 10.3. The predicted octanol–water partition coefficient (Wildman–Crippen LogP) is 1.19. The van der Waals surface area contributed by atoms with Crippen molar-refractivity contribution in [2.45, 2.75) is 39.7 Å². The number of aromatic nitrogens is 2. The van der Waals surface area contributed by atoms with Crippen LogP contribution in [0.25, 0.3) is 0 Å². The van der Waals surface area contributed by atoms with Crippen molar-refractivity contribution in [1.82, 2.24) is 15.5 Å². The summed E-state index contributed by atoms with van der Waals surface area (Å²) in [7, 11) is 0. The highest BCUT2D eigenvalue weighted by Gasteiger charge is 2.05. The lowest BCUT2D eigenvalue weighted by atomic mass is 10.3. The standard InChI is InChI=1S/C11H21N3O2/c1-4-15-8-6-11-14-13-10(16-11)5-7-12-9(2)3/h9,12H,4-8H2,1-3H3. The van der Waals surface area contributed by atoms with Gasteiger partial charge < -0.3 is 14.5 Å². The highest BCUT2D eigenvalue weighted by molar-refractivity contribution is 4.83. The number of hydrogen-bond acceptors (Lipinski definition) is 5. The molecule has 92 valence electrons. The number of rotatable bonds is 8. The molecule has 16 heavy (non-hydrogen) atoms. The van der Waals surface area contributed by atoms with Gasteiger partial charge in [-0.1, -0.05) is 13.8 Å². The second kappa shape index (κ2) is 7.35. The lowest BCUT2D eigenvalue weighted by molar-refractivity contribution is 0.145. The Morgan fingerprint density at radius 2 is 1.94 bits per heavy atom. The quantitative estimate of drug-likeness (QED) is 0.676. The first-order chi connectivity index (χ1) is 7.72. The van der Waals surface area contributed by atoms with Crippen molar-refractivity contribution < 1.29 is 9.15 Å². The first kappa shape index (κ1) is 13.1. The molecule has 0 spiro atoms. The van der Waals surface area contributed by atoms with E-state index in [9.17, 15) is 0 Å². The fourth-order valence-electron chi connectivity index (χ4n) is 1.26. The smallest absolute Gasteiger partial charge is 0.218 e. The molecule has 0 radical (unpaired) electrons. The lowest BCUT2D eigenvalue weighted by Gasteiger charge is -2.04. The van der Waals surface area contributed by atoms with Gasteiger partial charge in [0.1, 0.15) is 0 Å². The van der Waals surface area contributed by atoms with Crippen LogP contribution in [0.15, 0.2) is 4.42 Å². The molecule has 0 saturated carbocycles. The molecule has 0 bridgehead atoms. The second-order valence-corrected chi connectivity index (χ2v) is 3.90. The fourth-order valence-corrected chi connectivity index (χ4v) is 1.26. The van der Waals surface area contributed by atoms with Crippen LogP contribution in [0.1, 0.15) is 32.6 Å². The van der Waals surface area contributed by atoms with Crippen molar-refractivity contribution in [3.8, 4) is 0 Å². The molecule has 0 unspecified atom stereocenters. The molecule has 0 aromatic carbocycles. The topological polar surface area (TPSA) is 60.2 Å². The summed E-state index contributed by atoms with van der Waals surface area (Å²) in [5, 5.41) is 11.2. The van der Waals surface area contributed by atoms with Gasteiger partial charge in [-0.2, -0.15) is 0 Å². The molecule has 0 amide bonds. The van der Waals surface area contributed by atoms with Crippen LogP contribution in [-0.4, -0.2) is 36.0 Å². The van der Waals surface area contributed by atoms with Crippen LogP contribution in [0, 0.1) is 0 Å². The molecule has 0 aliphatic rings. The third-order valence-electron chi connectivity index (χ3n) is 2.06. The number of hydrogen-bond donors (Lipinski definition) is 1. The highest BCUT2D eigenvalue weighted by Crippen LogP contribution is 2.01. The predicted molar refractivity (Wildman–Crippen MR) is 61.3 cm³/mol. The van der Waals surface area contributed by atoms with Crippen LogP contribution < -0.4 is 5.32 Å². The zero-order chi connectivity index (χ0) is 11.8. The SMILES string of the molecule is CCOCCc1nnc(CCNC(C)C)o1. The molecule has 1 heterocycles. The van der Waals surface area contributed by atoms with Gasteiger partial charge in [-0.3, -0.25) is 0 Å². The van der Waals surface area contributed by atoms with E-state index in [4.69, 9.17) is 9.15 Å². The molecule has 1 N–H and O–H groups in total. The van der Waals surface area contributed by atoms with E-state index in [1.165, 1.54) is 0 Å². The van der Waals surface area contributed by atoms with E-state index < -0.39 is 0 Å². The third-order valence-corrected chi connectivity index (χ3v) is 2.06. The highest BCUT2D eigenvalue weighted by atomic mass is 16.5. The molecule has 1 aromatic heterocycles. The maximum Gasteiger partial charge on any atom is 0.218 e. The van der Waals surface area contributed by atoms with Gasteiger partial charge in [-0.25, -0.2) is 0 Å². The van der Waals surface area contributed by atoms with Crippen LogP contribution in [0.4, 0.5) is 0 Å². The average Bonchev–Trinajstić information content (AvgIpc) is 2.66. The molecule has 0 saturated heterocycles. The normalized spacial score (nSPS) is 11.2. The molecule has 0 aliphatic carbocycles. The van der Waals surface area contributed by atoms with Gasteiger partial charge >= 0.3 is 0 Å². The van der Waals surface area contributed by atoms with E-state index >= 15 is 0 Å². The van der Waals surface area contributed by atoms with Gasteiger partial charge in [0.25, 0.3) is 0 Å². The minimum atomic E-state index is 0.486. The van der Waals surface area contributed by atoms with Crippen molar-refractivity contribution in [3.05, 3.63) is 11.8 Å². The molecule has 0 aliphatic heterocycles. The molecule has 0 fully saturated rings. The van der Waals surface area contributed by atoms with Crippen molar-refractivity contribution in [2.75, 3.05) is 19.8 Å². The first-order valence-electron chi connectivity index (χ1n) is 5.84. The van der Waals surface area contributed by atoms with Gasteiger partial charge in [-0.15, -0.1) is 10.2 Å². The summed E-state index contributed by atoms with van der Waals surface area (Å²) in [5.41, 5.74) is 0. The van der Waals surface area contributed by atoms with Crippen molar-refractivity contribution in [3.63, 3.8) is 0 Å². The molecule has 0 atom stereocenters. The minimum Gasteiger partial charge on any atom is -0.425 e. The maximum absolute atomic E-state index is 5.47. The Hall–Kier alpha value is -0.940. The number of nitrogens with zero attached hydrogens (tertiary/aromatic N) is 2. The van der Waals surface area contributed by atoms with Crippen LogP contribution in [0.3, 0.4) is 0 Å². The summed E-state index contributed by atoms with van der Waals surface area (Å²) >= 11 is 0. The van der Waals surface area contributed by atoms with E-state index in [1.807, 2.05) is 6.92 Å². The zero-order valence-corrected chi connectivity index (χ0v) is 10.3. The van der Waals surface area contributed by atoms with Gasteiger partial charge in [-0.05, 0) is 6.92 Å². The molecule has 5 heteroatoms. The minimum absolute atomic E-state index is 0.486. The summed E-state index contributed by atoms with van der Waals surface area (Å²) in [5.74, 6) is 1.35. The van der Waals surface area contributed by atoms with Gasteiger partial charge in [0.05, 0.1) is 6.61 Å². The van der Waals surface area contributed by atoms with Gasteiger partial charge in [0.15, 0.2) is 0 Å². The summed E-state index contributed by atoms with van der Waals surface area (Å²) in [4.78, 5) is 0. The third kappa shape index (κ3) is 5.23. The molecular weight excluding hydrogens is 206 g/mol. The van der Waals surface area contributed by atoms with Gasteiger partial charge in [0, 0.05) is 32.0 Å². The van der Waals surface area contributed by atoms with E-state index in [2.05, 4.69) is 29.4 Å². The van der Waals surface area contributed by atoms with Crippen molar-refractivity contribution >= 4 is 0 Å². The Morgan fingerprint density at radius 1 is 1.25 bits per heavy atom. The average molecular weight is 227 g/mol. The van der Waals surface area contributed by atoms with Crippen LogP contribution in [0.5, 0.6) is 0 Å². The maximum atomic E-state index is 5.47. The first-order valence-corrected chi connectivity index (χ1v) is 5.84. The Balaban J connectivity index is 2.22. The Kier molecular flexibility index (Phi) is 6.03. The van der Waals surface area contributed by atoms with Crippen molar-refractivity contribution in [1.29, 1.82) is 0 Å². The Labute approximate surface area is 96.6 Å². The summed E-state index contributed by atoms with van der Waals surface area (Å²) < 4.78 is 10.7. The summed E-state index contributed by atoms with van der Waals surface area (Å²) in [6, 6.07) is 0.486. The van der Waals surface area contributed by atoms with E-state index in [0.29, 0.717) is 30.9 Å². The van der Waals surface area contributed by atoms with Gasteiger partial charge in [0.2, 0.25) is 11.8 Å². The largest absolute Gasteiger partial charge is 0.425 e. The van der Waals surface area contributed by atoms with Crippen LogP contribution >= 0.6 is 0 Å². The molecule has 1 aromatic rings. The monoisotopic (exact) mass is 227 g/mol.